The van der Waals surface area contributed by atoms with Gasteiger partial charge in [-0.2, -0.15) is 4.39 Å². The lowest BCUT2D eigenvalue weighted by Crippen LogP contribution is -2.32. The molecule has 0 bridgehead atoms. The van der Waals surface area contributed by atoms with Gasteiger partial charge in [-0.25, -0.2) is 0 Å². The maximum atomic E-state index is 14.4. The summed E-state index contributed by atoms with van der Waals surface area (Å²) in [5.74, 6) is -0.856. The Morgan fingerprint density at radius 2 is 1.78 bits per heavy atom. The first-order valence-electron chi connectivity index (χ1n) is 10.3. The monoisotopic (exact) mass is 473 g/mol. The molecular formula is C22H23F4NO4S. The van der Waals surface area contributed by atoms with Gasteiger partial charge in [-0.15, -0.1) is 24.5 Å². The summed E-state index contributed by atoms with van der Waals surface area (Å²) < 4.78 is 60.1. The molecule has 32 heavy (non-hydrogen) atoms. The molecule has 0 atom stereocenters. The lowest BCUT2D eigenvalue weighted by Gasteiger charge is -2.27. The third-order valence-corrected chi connectivity index (χ3v) is 6.25. The molecule has 1 fully saturated rings. The highest BCUT2D eigenvalue weighted by Crippen LogP contribution is 2.33. The summed E-state index contributed by atoms with van der Waals surface area (Å²) in [6.07, 6.45) is -1.80. The summed E-state index contributed by atoms with van der Waals surface area (Å²) in [6, 6.07) is 6.16. The molecule has 1 N–H and O–H groups in total. The van der Waals surface area contributed by atoms with Gasteiger partial charge in [0.15, 0.2) is 5.13 Å². The maximum Gasteiger partial charge on any atom is 0.573 e. The third kappa shape index (κ3) is 6.44. The third-order valence-electron chi connectivity index (χ3n) is 5.33. The largest absolute Gasteiger partial charge is 0.573 e. The number of halogens is 4. The number of hydrogen-bond donors (Lipinski definition) is 1. The first-order chi connectivity index (χ1) is 15.2. The van der Waals surface area contributed by atoms with Crippen molar-refractivity contribution in [3.8, 4) is 16.9 Å². The molecule has 5 nitrogen and oxygen atoms in total. The Morgan fingerprint density at radius 1 is 1.12 bits per heavy atom. The van der Waals surface area contributed by atoms with Crippen LogP contribution < -0.4 is 10.1 Å². The number of ether oxygens (including phenoxy) is 2. The van der Waals surface area contributed by atoms with E-state index < -0.39 is 23.1 Å². The lowest BCUT2D eigenvalue weighted by molar-refractivity contribution is -0.274. The lowest BCUT2D eigenvalue weighted by atomic mass is 9.82. The first-order valence-corrected chi connectivity index (χ1v) is 11.1. The van der Waals surface area contributed by atoms with Gasteiger partial charge in [0.25, 0.3) is 5.91 Å². The first kappa shape index (κ1) is 24.0. The van der Waals surface area contributed by atoms with E-state index in [-0.39, 0.29) is 28.2 Å². The zero-order valence-corrected chi connectivity index (χ0v) is 18.2. The number of carbonyl (C=O) groups is 2. The zero-order valence-electron chi connectivity index (χ0n) is 17.3. The Morgan fingerprint density at radius 3 is 2.38 bits per heavy atom. The second kappa shape index (κ2) is 10.3. The minimum Gasteiger partial charge on any atom is -0.466 e. The maximum absolute atomic E-state index is 14.4. The molecule has 1 aromatic heterocycles. The number of hydrogen-bond acceptors (Lipinski definition) is 5. The molecule has 1 heterocycles. The molecule has 174 valence electrons. The van der Waals surface area contributed by atoms with Crippen molar-refractivity contribution in [2.45, 2.75) is 39.0 Å². The molecule has 0 aliphatic heterocycles. The quantitative estimate of drug-likeness (QED) is 0.423. The second-order valence-corrected chi connectivity index (χ2v) is 8.55. The summed E-state index contributed by atoms with van der Waals surface area (Å²) >= 11 is 0.677. The number of benzene rings is 1. The van der Waals surface area contributed by atoms with Crippen LogP contribution in [0.2, 0.25) is 0 Å². The van der Waals surface area contributed by atoms with E-state index in [1.54, 1.807) is 6.92 Å². The van der Waals surface area contributed by atoms with Crippen LogP contribution in [0.25, 0.3) is 11.1 Å². The molecule has 0 radical (unpaired) electrons. The van der Waals surface area contributed by atoms with Crippen molar-refractivity contribution in [3.63, 3.8) is 0 Å². The average Bonchev–Trinajstić information content (AvgIpc) is 3.14. The van der Waals surface area contributed by atoms with Crippen molar-refractivity contribution >= 4 is 23.2 Å². The molecule has 10 heteroatoms. The van der Waals surface area contributed by atoms with Crippen LogP contribution in [-0.2, 0) is 9.53 Å². The van der Waals surface area contributed by atoms with Gasteiger partial charge in [0.05, 0.1) is 17.4 Å². The number of amides is 1. The number of nitrogens with one attached hydrogen (secondary N) is 1. The van der Waals surface area contributed by atoms with Crippen molar-refractivity contribution in [1.29, 1.82) is 0 Å². The normalized spacial score (nSPS) is 18.8. The Kier molecular flexibility index (Phi) is 7.76. The van der Waals surface area contributed by atoms with Crippen LogP contribution >= 0.6 is 11.3 Å². The van der Waals surface area contributed by atoms with E-state index in [4.69, 9.17) is 4.74 Å². The van der Waals surface area contributed by atoms with E-state index in [1.165, 1.54) is 18.2 Å². The van der Waals surface area contributed by atoms with Gasteiger partial charge >= 0.3 is 12.3 Å². The predicted octanol–water partition coefficient (Wildman–Crippen LogP) is 5.55. The van der Waals surface area contributed by atoms with Crippen LogP contribution in [0.5, 0.6) is 5.75 Å². The molecule has 1 aliphatic carbocycles. The van der Waals surface area contributed by atoms with Crippen molar-refractivity contribution in [3.05, 3.63) is 40.3 Å². The number of carbonyl (C=O) groups excluding carboxylic acids is 2. The van der Waals surface area contributed by atoms with Gasteiger partial charge < -0.3 is 14.8 Å². The van der Waals surface area contributed by atoms with Crippen LogP contribution in [-0.4, -0.2) is 31.4 Å². The Balaban J connectivity index is 1.54. The molecule has 2 aromatic rings. The smallest absolute Gasteiger partial charge is 0.466 e. The molecule has 1 saturated carbocycles. The van der Waals surface area contributed by atoms with Crippen LogP contribution in [0.15, 0.2) is 30.3 Å². The van der Waals surface area contributed by atoms with Gasteiger partial charge in [0.2, 0.25) is 0 Å². The highest BCUT2D eigenvalue weighted by Gasteiger charge is 2.31. The van der Waals surface area contributed by atoms with Gasteiger partial charge in [-0.3, -0.25) is 9.59 Å². The van der Waals surface area contributed by atoms with Crippen molar-refractivity contribution < 1.29 is 36.6 Å². The standard InChI is InChI=1S/C22H23F4NO4S/c1-2-30-21(29)15-5-3-13(4-6-15)12-27-20(28)18-11-17(19(23)32-18)14-7-9-16(10-8-14)31-22(24,25)26/h7-11,13,15H,2-6,12H2,1H3,(H,27,28). The fourth-order valence-electron chi connectivity index (χ4n) is 3.70. The van der Waals surface area contributed by atoms with Crippen molar-refractivity contribution in [1.82, 2.24) is 5.32 Å². The van der Waals surface area contributed by atoms with Gasteiger partial charge in [0, 0.05) is 12.1 Å². The second-order valence-electron chi connectivity index (χ2n) is 7.55. The fourth-order valence-corrected chi connectivity index (χ4v) is 4.52. The molecule has 0 saturated heterocycles. The molecule has 0 spiro atoms. The van der Waals surface area contributed by atoms with Crippen LogP contribution in [0, 0.1) is 17.0 Å². The van der Waals surface area contributed by atoms with Gasteiger partial charge in [0.1, 0.15) is 5.75 Å². The molecule has 1 aromatic carbocycles. The van der Waals surface area contributed by atoms with Crippen molar-refractivity contribution in [2.24, 2.45) is 11.8 Å². The molecule has 3 rings (SSSR count). The van der Waals surface area contributed by atoms with E-state index in [2.05, 4.69) is 10.1 Å². The van der Waals surface area contributed by atoms with E-state index in [9.17, 15) is 27.2 Å². The van der Waals surface area contributed by atoms with E-state index in [0.717, 1.165) is 25.0 Å². The number of alkyl halides is 3. The van der Waals surface area contributed by atoms with E-state index >= 15 is 0 Å². The summed E-state index contributed by atoms with van der Waals surface area (Å²) in [7, 11) is 0. The molecule has 1 amide bonds. The number of esters is 1. The predicted molar refractivity (Wildman–Crippen MR) is 111 cm³/mol. The van der Waals surface area contributed by atoms with Crippen LogP contribution in [0.4, 0.5) is 17.6 Å². The van der Waals surface area contributed by atoms with E-state index in [0.29, 0.717) is 42.9 Å². The molecule has 0 unspecified atom stereocenters. The Labute approximate surface area is 186 Å². The molecular weight excluding hydrogens is 450 g/mol. The van der Waals surface area contributed by atoms with Gasteiger partial charge in [-0.05, 0) is 62.3 Å². The van der Waals surface area contributed by atoms with E-state index in [1.807, 2.05) is 0 Å². The SMILES string of the molecule is CCOC(=O)C1CCC(CNC(=O)c2cc(-c3ccc(OC(F)(F)F)cc3)c(F)s2)CC1. The van der Waals surface area contributed by atoms with Gasteiger partial charge in [-0.1, -0.05) is 12.1 Å². The number of rotatable bonds is 7. The highest BCUT2D eigenvalue weighted by atomic mass is 32.1. The summed E-state index contributed by atoms with van der Waals surface area (Å²) in [6.45, 7) is 2.56. The zero-order chi connectivity index (χ0) is 23.3. The number of thiophene rings is 1. The van der Waals surface area contributed by atoms with Crippen molar-refractivity contribution in [2.75, 3.05) is 13.2 Å². The minimum atomic E-state index is -4.81. The minimum absolute atomic E-state index is 0.0937. The summed E-state index contributed by atoms with van der Waals surface area (Å²) in [5.41, 5.74) is 0.471. The topological polar surface area (TPSA) is 64.6 Å². The highest BCUT2D eigenvalue weighted by molar-refractivity contribution is 7.12. The van der Waals surface area contributed by atoms with Crippen LogP contribution in [0.3, 0.4) is 0 Å². The Bertz CT molecular complexity index is 934. The summed E-state index contributed by atoms with van der Waals surface area (Å²) in [4.78, 5) is 24.4. The average molecular weight is 473 g/mol. The summed E-state index contributed by atoms with van der Waals surface area (Å²) in [5, 5.41) is 2.21. The Hall–Kier alpha value is -2.62. The molecule has 1 aliphatic rings. The van der Waals surface area contributed by atoms with Crippen LogP contribution in [0.1, 0.15) is 42.3 Å². The fraction of sp³-hybridized carbons (Fsp3) is 0.455.